The standard InChI is InChI=1S/C31H40F5N5O4S/c1-28(2,3)45-25(42)17-39-12-10-19(30(32,33)18-39)11-13-44-22-8-6-20(7-9-22)41-27(46)40(26(43)29(41,4)5)21-14-23(31(34,35)36)24(15-37)38-16-21/h14,16,19-20,22H,6-13,17-18H2,1-5H3. The Morgan fingerprint density at radius 2 is 1.80 bits per heavy atom. The second kappa shape index (κ2) is 13.3. The number of aromatic nitrogens is 1. The SMILES string of the molecule is CC(C)(C)OC(=O)CN1CCC(CCOC2CCC(N3C(=S)N(c4cnc(C#N)c(C(F)(F)F)c4)C(=O)C3(C)C)CC2)C(F)(F)C1. The zero-order valence-corrected chi connectivity index (χ0v) is 27.4. The first kappa shape index (κ1) is 35.9. The van der Waals surface area contributed by atoms with Crippen molar-refractivity contribution in [2.75, 3.05) is 31.1 Å². The molecule has 2 saturated heterocycles. The minimum atomic E-state index is -4.85. The second-order valence-corrected chi connectivity index (χ2v) is 14.1. The van der Waals surface area contributed by atoms with Crippen molar-refractivity contribution in [3.05, 3.63) is 23.5 Å². The second-order valence-electron chi connectivity index (χ2n) is 13.7. The van der Waals surface area contributed by atoms with Crippen LogP contribution >= 0.6 is 12.2 Å². The lowest BCUT2D eigenvalue weighted by Crippen LogP contribution is -2.51. The number of halogens is 5. The van der Waals surface area contributed by atoms with Gasteiger partial charge in [-0.2, -0.15) is 18.4 Å². The van der Waals surface area contributed by atoms with Gasteiger partial charge < -0.3 is 14.4 Å². The van der Waals surface area contributed by atoms with Gasteiger partial charge in [0.25, 0.3) is 11.8 Å². The highest BCUT2D eigenvalue weighted by Gasteiger charge is 2.53. The Bertz CT molecular complexity index is 1370. The average Bonchev–Trinajstić information content (AvgIpc) is 3.11. The number of carbonyl (C=O) groups excluding carboxylic acids is 2. The molecule has 3 aliphatic rings. The third-order valence-corrected chi connectivity index (χ3v) is 9.08. The van der Waals surface area contributed by atoms with Crippen LogP contribution in [0.15, 0.2) is 12.3 Å². The molecule has 0 N–H and O–H groups in total. The molecule has 0 radical (unpaired) electrons. The van der Waals surface area contributed by atoms with E-state index in [1.807, 2.05) is 0 Å². The summed E-state index contributed by atoms with van der Waals surface area (Å²) < 4.78 is 81.9. The molecular formula is C31H40F5N5O4S. The Hall–Kier alpha value is -2.96. The van der Waals surface area contributed by atoms with Crippen LogP contribution in [0, 0.1) is 17.2 Å². The summed E-state index contributed by atoms with van der Waals surface area (Å²) >= 11 is 5.62. The minimum absolute atomic E-state index is 0.0549. The number of amides is 1. The summed E-state index contributed by atoms with van der Waals surface area (Å²) in [6, 6.07) is 1.96. The molecule has 1 aliphatic carbocycles. The van der Waals surface area contributed by atoms with Crippen molar-refractivity contribution in [1.29, 1.82) is 5.26 Å². The molecule has 1 aromatic rings. The Kier molecular flexibility index (Phi) is 10.4. The lowest BCUT2D eigenvalue weighted by atomic mass is 9.88. The maximum atomic E-state index is 14.9. The van der Waals surface area contributed by atoms with Gasteiger partial charge in [0.1, 0.15) is 17.2 Å². The number of piperidine rings is 1. The lowest BCUT2D eigenvalue weighted by molar-refractivity contribution is -0.161. The normalized spacial score (nSPS) is 25.5. The van der Waals surface area contributed by atoms with Gasteiger partial charge in [0, 0.05) is 18.6 Å². The predicted molar refractivity (Wildman–Crippen MR) is 162 cm³/mol. The molecule has 1 amide bonds. The molecule has 1 aromatic heterocycles. The molecule has 254 valence electrons. The van der Waals surface area contributed by atoms with E-state index in [1.54, 1.807) is 39.5 Å². The van der Waals surface area contributed by atoms with E-state index in [2.05, 4.69) is 4.98 Å². The lowest BCUT2D eigenvalue weighted by Gasteiger charge is -2.41. The van der Waals surface area contributed by atoms with Crippen LogP contribution < -0.4 is 4.90 Å². The highest BCUT2D eigenvalue weighted by molar-refractivity contribution is 7.80. The van der Waals surface area contributed by atoms with Gasteiger partial charge in [0.2, 0.25) is 0 Å². The number of nitrogens with zero attached hydrogens (tertiary/aromatic N) is 5. The van der Waals surface area contributed by atoms with Crippen LogP contribution in [0.3, 0.4) is 0 Å². The summed E-state index contributed by atoms with van der Waals surface area (Å²) in [5.74, 6) is -4.87. The Morgan fingerprint density at radius 3 is 2.37 bits per heavy atom. The summed E-state index contributed by atoms with van der Waals surface area (Å²) in [6.07, 6.45) is -1.22. The largest absolute Gasteiger partial charge is 0.459 e. The smallest absolute Gasteiger partial charge is 0.419 e. The number of carbonyl (C=O) groups is 2. The molecular weight excluding hydrogens is 633 g/mol. The number of pyridine rings is 1. The summed E-state index contributed by atoms with van der Waals surface area (Å²) in [4.78, 5) is 33.4. The molecule has 3 fully saturated rings. The zero-order chi connectivity index (χ0) is 34.2. The summed E-state index contributed by atoms with van der Waals surface area (Å²) in [6.45, 7) is 8.32. The fraction of sp³-hybridized carbons (Fsp3) is 0.710. The first-order valence-corrected chi connectivity index (χ1v) is 15.7. The quantitative estimate of drug-likeness (QED) is 0.196. The van der Waals surface area contributed by atoms with Gasteiger partial charge in [-0.25, -0.2) is 13.8 Å². The fourth-order valence-corrected chi connectivity index (χ4v) is 7.05. The maximum Gasteiger partial charge on any atom is 0.419 e. The number of esters is 1. The van der Waals surface area contributed by atoms with Crippen LogP contribution in [-0.4, -0.2) is 87.2 Å². The predicted octanol–water partition coefficient (Wildman–Crippen LogP) is 5.70. The number of anilines is 1. The van der Waals surface area contributed by atoms with Crippen molar-refractivity contribution in [3.8, 4) is 6.07 Å². The van der Waals surface area contributed by atoms with Crippen molar-refractivity contribution in [2.45, 2.75) is 109 Å². The van der Waals surface area contributed by atoms with Crippen molar-refractivity contribution in [1.82, 2.24) is 14.8 Å². The van der Waals surface area contributed by atoms with Gasteiger partial charge in [-0.05, 0) is 98.0 Å². The van der Waals surface area contributed by atoms with Gasteiger partial charge in [-0.1, -0.05) is 0 Å². The Labute approximate surface area is 271 Å². The van der Waals surface area contributed by atoms with Crippen molar-refractivity contribution in [2.24, 2.45) is 5.92 Å². The van der Waals surface area contributed by atoms with Crippen LogP contribution in [0.25, 0.3) is 0 Å². The maximum absolute atomic E-state index is 14.9. The molecule has 1 unspecified atom stereocenters. The molecule has 1 atom stereocenters. The van der Waals surface area contributed by atoms with Crippen LogP contribution in [0.4, 0.5) is 27.6 Å². The molecule has 15 heteroatoms. The summed E-state index contributed by atoms with van der Waals surface area (Å²) in [5, 5.41) is 9.13. The molecule has 46 heavy (non-hydrogen) atoms. The number of ether oxygens (including phenoxy) is 2. The van der Waals surface area contributed by atoms with Crippen LogP contribution in [0.5, 0.6) is 0 Å². The van der Waals surface area contributed by atoms with E-state index < -0.39 is 58.8 Å². The Morgan fingerprint density at radius 1 is 1.15 bits per heavy atom. The minimum Gasteiger partial charge on any atom is -0.459 e. The number of thiocarbonyl (C=S) groups is 1. The third-order valence-electron chi connectivity index (χ3n) is 8.70. The van der Waals surface area contributed by atoms with Crippen LogP contribution in [0.1, 0.15) is 84.4 Å². The fourth-order valence-electron chi connectivity index (χ4n) is 6.48. The van der Waals surface area contributed by atoms with Gasteiger partial charge in [0.05, 0.1) is 36.6 Å². The molecule has 2 aliphatic heterocycles. The van der Waals surface area contributed by atoms with E-state index in [1.165, 1.54) is 11.0 Å². The van der Waals surface area contributed by atoms with E-state index in [4.69, 9.17) is 27.0 Å². The number of hydrogen-bond donors (Lipinski definition) is 0. The summed E-state index contributed by atoms with van der Waals surface area (Å²) in [5.41, 5.74) is -4.04. The molecule has 3 heterocycles. The molecule has 0 spiro atoms. The van der Waals surface area contributed by atoms with Gasteiger partial charge in [-0.3, -0.25) is 19.4 Å². The van der Waals surface area contributed by atoms with Gasteiger partial charge in [0.15, 0.2) is 10.8 Å². The van der Waals surface area contributed by atoms with Crippen LogP contribution in [0.2, 0.25) is 0 Å². The van der Waals surface area contributed by atoms with Crippen molar-refractivity contribution in [3.63, 3.8) is 0 Å². The Balaban J connectivity index is 1.30. The number of hydrogen-bond acceptors (Lipinski definition) is 8. The van der Waals surface area contributed by atoms with Crippen molar-refractivity contribution >= 4 is 34.9 Å². The molecule has 1 saturated carbocycles. The average molecular weight is 674 g/mol. The summed E-state index contributed by atoms with van der Waals surface area (Å²) in [7, 11) is 0. The molecule has 9 nitrogen and oxygen atoms in total. The number of alkyl halides is 5. The molecule has 4 rings (SSSR count). The number of rotatable bonds is 8. The first-order valence-electron chi connectivity index (χ1n) is 15.3. The monoisotopic (exact) mass is 673 g/mol. The zero-order valence-electron chi connectivity index (χ0n) is 26.6. The van der Waals surface area contributed by atoms with E-state index in [-0.39, 0.29) is 48.9 Å². The van der Waals surface area contributed by atoms with E-state index >= 15 is 0 Å². The highest BCUT2D eigenvalue weighted by atomic mass is 32.1. The van der Waals surface area contributed by atoms with Crippen LogP contribution in [-0.2, 0) is 25.2 Å². The van der Waals surface area contributed by atoms with Gasteiger partial charge >= 0.3 is 12.1 Å². The highest BCUT2D eigenvalue weighted by Crippen LogP contribution is 2.41. The van der Waals surface area contributed by atoms with Crippen molar-refractivity contribution < 1.29 is 41.0 Å². The number of nitriles is 1. The third kappa shape index (κ3) is 7.94. The van der Waals surface area contributed by atoms with E-state index in [9.17, 15) is 31.5 Å². The van der Waals surface area contributed by atoms with Gasteiger partial charge in [-0.15, -0.1) is 0 Å². The topological polar surface area (TPSA) is 99.0 Å². The van der Waals surface area contributed by atoms with E-state index in [0.717, 1.165) is 11.1 Å². The molecule has 0 bridgehead atoms. The number of likely N-dealkylation sites (tertiary alicyclic amines) is 1. The molecule has 0 aromatic carbocycles. The van der Waals surface area contributed by atoms with E-state index in [0.29, 0.717) is 38.3 Å². The first-order chi connectivity index (χ1) is 21.2.